The molecule has 2 amide bonds. The molecule has 0 bridgehead atoms. The van der Waals surface area contributed by atoms with E-state index in [0.717, 1.165) is 65.2 Å². The van der Waals surface area contributed by atoms with Crippen molar-refractivity contribution in [2.24, 2.45) is 5.92 Å². The molecule has 3 aliphatic rings. The lowest BCUT2D eigenvalue weighted by Crippen LogP contribution is -2.53. The van der Waals surface area contributed by atoms with Gasteiger partial charge in [0.25, 0.3) is 0 Å². The minimum atomic E-state index is 0.182. The van der Waals surface area contributed by atoms with Gasteiger partial charge in [-0.25, -0.2) is 0 Å². The van der Waals surface area contributed by atoms with Crippen molar-refractivity contribution in [3.8, 4) is 0 Å². The van der Waals surface area contributed by atoms with Gasteiger partial charge in [0.1, 0.15) is 0 Å². The van der Waals surface area contributed by atoms with Crippen LogP contribution < -0.4 is 0 Å². The number of hydrogen-bond donors (Lipinski definition) is 0. The molecule has 0 radical (unpaired) electrons. The van der Waals surface area contributed by atoms with Crippen LogP contribution in [0.4, 0.5) is 0 Å². The summed E-state index contributed by atoms with van der Waals surface area (Å²) in [5.41, 5.74) is 0. The van der Waals surface area contributed by atoms with Gasteiger partial charge in [-0.05, 0) is 18.8 Å². The monoisotopic (exact) mass is 322 g/mol. The molecule has 0 aromatic carbocycles. The van der Waals surface area contributed by atoms with Gasteiger partial charge in [0, 0.05) is 65.3 Å². The van der Waals surface area contributed by atoms with Gasteiger partial charge in [-0.1, -0.05) is 6.92 Å². The van der Waals surface area contributed by atoms with E-state index in [9.17, 15) is 9.59 Å². The molecule has 0 unspecified atom stereocenters. The second kappa shape index (κ2) is 7.18. The second-order valence-electron chi connectivity index (χ2n) is 7.37. The van der Waals surface area contributed by atoms with E-state index < -0.39 is 0 Å². The van der Waals surface area contributed by atoms with E-state index in [1.165, 1.54) is 0 Å². The van der Waals surface area contributed by atoms with E-state index in [2.05, 4.69) is 16.7 Å². The van der Waals surface area contributed by atoms with E-state index in [1.54, 1.807) is 6.92 Å². The summed E-state index contributed by atoms with van der Waals surface area (Å²) in [5, 5.41) is 0. The predicted molar refractivity (Wildman–Crippen MR) is 89.0 cm³/mol. The van der Waals surface area contributed by atoms with Crippen molar-refractivity contribution in [2.45, 2.75) is 32.7 Å². The molecule has 0 aromatic heterocycles. The van der Waals surface area contributed by atoms with Crippen LogP contribution in [0.2, 0.25) is 0 Å². The number of likely N-dealkylation sites (tertiary alicyclic amines) is 2. The normalized spacial score (nSPS) is 30.2. The highest BCUT2D eigenvalue weighted by molar-refractivity contribution is 5.78. The average Bonchev–Trinajstić information content (AvgIpc) is 3.17. The molecule has 3 fully saturated rings. The lowest BCUT2D eigenvalue weighted by atomic mass is 10.0. The topological polar surface area (TPSA) is 47.1 Å². The Bertz CT molecular complexity index is 442. The van der Waals surface area contributed by atoms with Gasteiger partial charge in [0.2, 0.25) is 11.8 Å². The predicted octanol–water partition coefficient (Wildman–Crippen LogP) is 0.0932. The summed E-state index contributed by atoms with van der Waals surface area (Å²) in [6, 6.07) is 0.524. The molecule has 23 heavy (non-hydrogen) atoms. The zero-order chi connectivity index (χ0) is 16.4. The smallest absolute Gasteiger partial charge is 0.236 e. The third-order valence-corrected chi connectivity index (χ3v) is 5.69. The van der Waals surface area contributed by atoms with Gasteiger partial charge in [0.15, 0.2) is 0 Å². The first-order chi connectivity index (χ1) is 11.0. The van der Waals surface area contributed by atoms with Crippen molar-refractivity contribution >= 4 is 11.8 Å². The van der Waals surface area contributed by atoms with E-state index in [-0.39, 0.29) is 5.91 Å². The van der Waals surface area contributed by atoms with Crippen LogP contribution in [0, 0.1) is 5.92 Å². The Balaban J connectivity index is 1.48. The minimum Gasteiger partial charge on any atom is -0.342 e. The van der Waals surface area contributed by atoms with Gasteiger partial charge in [0.05, 0.1) is 6.54 Å². The van der Waals surface area contributed by atoms with Crippen LogP contribution in [-0.4, -0.2) is 96.4 Å². The summed E-state index contributed by atoms with van der Waals surface area (Å²) in [7, 11) is 0. The molecule has 0 aliphatic carbocycles. The highest BCUT2D eigenvalue weighted by Crippen LogP contribution is 2.23. The number of carbonyl (C=O) groups excluding carboxylic acids is 2. The minimum absolute atomic E-state index is 0.182. The summed E-state index contributed by atoms with van der Waals surface area (Å²) < 4.78 is 0. The average molecular weight is 322 g/mol. The second-order valence-corrected chi connectivity index (χ2v) is 7.37. The number of nitrogens with zero attached hydrogens (tertiary/aromatic N) is 4. The maximum atomic E-state index is 12.3. The van der Waals surface area contributed by atoms with E-state index in [1.807, 2.05) is 9.80 Å². The Kier molecular flexibility index (Phi) is 5.21. The van der Waals surface area contributed by atoms with Crippen LogP contribution in [0.3, 0.4) is 0 Å². The van der Waals surface area contributed by atoms with Crippen LogP contribution in [0.1, 0.15) is 26.7 Å². The zero-order valence-electron chi connectivity index (χ0n) is 14.5. The van der Waals surface area contributed by atoms with Gasteiger partial charge in [-0.15, -0.1) is 0 Å². The third kappa shape index (κ3) is 3.86. The number of hydrogen-bond acceptors (Lipinski definition) is 4. The summed E-state index contributed by atoms with van der Waals surface area (Å²) in [6.07, 6.45) is 2.32. The largest absolute Gasteiger partial charge is 0.342 e. The van der Waals surface area contributed by atoms with Crippen molar-refractivity contribution in [3.05, 3.63) is 0 Å². The summed E-state index contributed by atoms with van der Waals surface area (Å²) in [6.45, 7) is 12.0. The SMILES string of the molecule is CC(=O)N1CCN([C@@H]2CN(CC(=O)N3CCCC3)C[C@@H]2C)CC1. The number of rotatable bonds is 3. The lowest BCUT2D eigenvalue weighted by molar-refractivity contribution is -0.132. The molecule has 6 nitrogen and oxygen atoms in total. The molecule has 6 heteroatoms. The number of piperazine rings is 1. The molecule has 3 aliphatic heterocycles. The molecule has 3 rings (SSSR count). The fraction of sp³-hybridized carbons (Fsp3) is 0.882. The van der Waals surface area contributed by atoms with Crippen molar-refractivity contribution < 1.29 is 9.59 Å². The standard InChI is InChI=1S/C17H30N4O2/c1-14-11-18(13-17(23)21-5-3-4-6-21)12-16(14)20-9-7-19(8-10-20)15(2)22/h14,16H,3-13H2,1-2H3/t14-,16+/m0/s1. The summed E-state index contributed by atoms with van der Waals surface area (Å²) >= 11 is 0. The van der Waals surface area contributed by atoms with Crippen LogP contribution >= 0.6 is 0 Å². The zero-order valence-corrected chi connectivity index (χ0v) is 14.5. The maximum absolute atomic E-state index is 12.3. The van der Waals surface area contributed by atoms with Gasteiger partial charge in [-0.2, -0.15) is 0 Å². The van der Waals surface area contributed by atoms with Gasteiger partial charge < -0.3 is 9.80 Å². The molecular weight excluding hydrogens is 292 g/mol. The Morgan fingerprint density at radius 1 is 0.913 bits per heavy atom. The van der Waals surface area contributed by atoms with Gasteiger partial charge >= 0.3 is 0 Å². The molecular formula is C17H30N4O2. The first-order valence-electron chi connectivity index (χ1n) is 9.04. The van der Waals surface area contributed by atoms with Crippen LogP contribution in [0.25, 0.3) is 0 Å². The Morgan fingerprint density at radius 2 is 1.57 bits per heavy atom. The Morgan fingerprint density at radius 3 is 2.17 bits per heavy atom. The quantitative estimate of drug-likeness (QED) is 0.739. The molecule has 3 heterocycles. The van der Waals surface area contributed by atoms with Gasteiger partial charge in [-0.3, -0.25) is 19.4 Å². The first-order valence-corrected chi connectivity index (χ1v) is 9.04. The summed E-state index contributed by atoms with van der Waals surface area (Å²) in [4.78, 5) is 32.6. The fourth-order valence-corrected chi connectivity index (χ4v) is 4.28. The molecule has 130 valence electrons. The Hall–Kier alpha value is -1.14. The van der Waals surface area contributed by atoms with E-state index in [4.69, 9.17) is 0 Å². The van der Waals surface area contributed by atoms with E-state index >= 15 is 0 Å². The highest BCUT2D eigenvalue weighted by Gasteiger charge is 2.36. The molecule has 3 saturated heterocycles. The fourth-order valence-electron chi connectivity index (χ4n) is 4.28. The van der Waals surface area contributed by atoms with Crippen LogP contribution in [-0.2, 0) is 9.59 Å². The van der Waals surface area contributed by atoms with Crippen LogP contribution in [0.5, 0.6) is 0 Å². The first kappa shape index (κ1) is 16.7. The third-order valence-electron chi connectivity index (χ3n) is 5.69. The maximum Gasteiger partial charge on any atom is 0.236 e. The highest BCUT2D eigenvalue weighted by atomic mass is 16.2. The van der Waals surface area contributed by atoms with Crippen LogP contribution in [0.15, 0.2) is 0 Å². The molecule has 0 spiro atoms. The van der Waals surface area contributed by atoms with Crippen molar-refractivity contribution in [2.75, 3.05) is 58.9 Å². The molecule has 0 aromatic rings. The van der Waals surface area contributed by atoms with Crippen molar-refractivity contribution in [1.82, 2.24) is 19.6 Å². The van der Waals surface area contributed by atoms with Crippen molar-refractivity contribution in [1.29, 1.82) is 0 Å². The lowest BCUT2D eigenvalue weighted by Gasteiger charge is -2.39. The number of carbonyl (C=O) groups is 2. The van der Waals surface area contributed by atoms with Crippen molar-refractivity contribution in [3.63, 3.8) is 0 Å². The molecule has 0 saturated carbocycles. The summed E-state index contributed by atoms with van der Waals surface area (Å²) in [5.74, 6) is 1.07. The molecule has 2 atom stereocenters. The Labute approximate surface area is 139 Å². The molecule has 0 N–H and O–H groups in total. The number of amides is 2. The van der Waals surface area contributed by atoms with E-state index in [0.29, 0.717) is 24.4 Å².